The second-order valence-corrected chi connectivity index (χ2v) is 6.68. The van der Waals surface area contributed by atoms with Crippen LogP contribution < -0.4 is 0 Å². The van der Waals surface area contributed by atoms with Gasteiger partial charge in [0.1, 0.15) is 5.76 Å². The molecule has 0 radical (unpaired) electrons. The van der Waals surface area contributed by atoms with E-state index in [1.165, 1.54) is 4.90 Å². The largest absolute Gasteiger partial charge is 0.467 e. The van der Waals surface area contributed by atoms with Crippen LogP contribution in [0.3, 0.4) is 0 Å². The van der Waals surface area contributed by atoms with Gasteiger partial charge in [-0.1, -0.05) is 12.1 Å². The topological polar surface area (TPSA) is 72.6 Å². The Morgan fingerprint density at radius 2 is 2.08 bits per heavy atom. The van der Waals surface area contributed by atoms with Gasteiger partial charge in [0.2, 0.25) is 0 Å². The van der Waals surface area contributed by atoms with Crippen molar-refractivity contribution in [3.05, 3.63) is 53.4 Å². The summed E-state index contributed by atoms with van der Waals surface area (Å²) in [6.45, 7) is 0.0744. The van der Waals surface area contributed by atoms with E-state index in [1.807, 2.05) is 24.3 Å². The smallest absolute Gasteiger partial charge is 0.306 e. The quantitative estimate of drug-likeness (QED) is 0.607. The third kappa shape index (κ3) is 4.67. The summed E-state index contributed by atoms with van der Waals surface area (Å²) in [5, 5.41) is 0.888. The molecular formula is C18H18N2O4S. The first-order valence-electron chi connectivity index (χ1n) is 7.88. The van der Waals surface area contributed by atoms with Gasteiger partial charge < -0.3 is 14.1 Å². The summed E-state index contributed by atoms with van der Waals surface area (Å²) in [5.74, 6) is 0.00162. The molecule has 0 atom stereocenters. The van der Waals surface area contributed by atoms with Crippen molar-refractivity contribution in [2.24, 2.45) is 0 Å². The van der Waals surface area contributed by atoms with E-state index in [-0.39, 0.29) is 18.9 Å². The number of thiazole rings is 1. The lowest BCUT2D eigenvalue weighted by molar-refractivity contribution is -0.151. The zero-order chi connectivity index (χ0) is 17.6. The lowest BCUT2D eigenvalue weighted by Crippen LogP contribution is -2.30. The van der Waals surface area contributed by atoms with Gasteiger partial charge in [0.15, 0.2) is 6.61 Å². The number of fused-ring (bicyclic) bond motifs is 1. The third-order valence-electron chi connectivity index (χ3n) is 3.64. The Balaban J connectivity index is 1.42. The van der Waals surface area contributed by atoms with Gasteiger partial charge in [0.05, 0.1) is 34.5 Å². The number of carbonyl (C=O) groups is 2. The number of nitrogens with zero attached hydrogens (tertiary/aromatic N) is 2. The number of para-hydroxylation sites is 1. The molecule has 0 aliphatic heterocycles. The van der Waals surface area contributed by atoms with Crippen LogP contribution in [0, 0.1) is 0 Å². The second kappa shape index (κ2) is 7.94. The minimum absolute atomic E-state index is 0.203. The molecule has 0 aliphatic rings. The molecule has 1 amide bonds. The Morgan fingerprint density at radius 3 is 2.84 bits per heavy atom. The van der Waals surface area contributed by atoms with E-state index in [2.05, 4.69) is 4.98 Å². The van der Waals surface area contributed by atoms with Crippen molar-refractivity contribution >= 4 is 33.4 Å². The molecule has 1 aromatic carbocycles. The number of likely N-dealkylation sites (N-methyl/N-ethyl adjacent to an activating group) is 1. The molecule has 7 heteroatoms. The number of esters is 1. The molecule has 0 N–H and O–H groups in total. The van der Waals surface area contributed by atoms with Crippen molar-refractivity contribution in [3.63, 3.8) is 0 Å². The Labute approximate surface area is 149 Å². The van der Waals surface area contributed by atoms with E-state index in [0.717, 1.165) is 15.2 Å². The maximum absolute atomic E-state index is 12.0. The first-order valence-corrected chi connectivity index (χ1v) is 8.70. The highest BCUT2D eigenvalue weighted by Crippen LogP contribution is 2.22. The van der Waals surface area contributed by atoms with Crippen molar-refractivity contribution in [2.45, 2.75) is 19.4 Å². The monoisotopic (exact) mass is 358 g/mol. The fraction of sp³-hybridized carbons (Fsp3) is 0.278. The molecule has 0 aliphatic carbocycles. The van der Waals surface area contributed by atoms with Gasteiger partial charge in [-0.2, -0.15) is 0 Å². The lowest BCUT2D eigenvalue weighted by atomic mass is 10.3. The molecule has 0 unspecified atom stereocenters. The number of hydrogen-bond acceptors (Lipinski definition) is 6. The van der Waals surface area contributed by atoms with E-state index in [9.17, 15) is 9.59 Å². The van der Waals surface area contributed by atoms with Crippen LogP contribution >= 0.6 is 11.3 Å². The molecule has 25 heavy (non-hydrogen) atoms. The predicted octanol–water partition coefficient (Wildman–Crippen LogP) is 3.02. The summed E-state index contributed by atoms with van der Waals surface area (Å²) >= 11 is 1.57. The number of furan rings is 1. The highest BCUT2D eigenvalue weighted by molar-refractivity contribution is 7.18. The number of amides is 1. The van der Waals surface area contributed by atoms with E-state index in [0.29, 0.717) is 18.7 Å². The Hall–Kier alpha value is -2.67. The molecule has 0 bridgehead atoms. The number of aromatic nitrogens is 1. The van der Waals surface area contributed by atoms with Crippen molar-refractivity contribution < 1.29 is 18.7 Å². The molecule has 0 spiro atoms. The van der Waals surface area contributed by atoms with Gasteiger partial charge in [-0.15, -0.1) is 11.3 Å². The summed E-state index contributed by atoms with van der Waals surface area (Å²) in [6.07, 6.45) is 2.26. The maximum atomic E-state index is 12.0. The number of aryl methyl sites for hydroxylation is 1. The average molecular weight is 358 g/mol. The van der Waals surface area contributed by atoms with Crippen LogP contribution in [0.2, 0.25) is 0 Å². The molecule has 0 saturated carbocycles. The van der Waals surface area contributed by atoms with Gasteiger partial charge in [0, 0.05) is 13.5 Å². The lowest BCUT2D eigenvalue weighted by Gasteiger charge is -2.15. The summed E-state index contributed by atoms with van der Waals surface area (Å²) < 4.78 is 11.3. The van der Waals surface area contributed by atoms with Crippen LogP contribution in [-0.4, -0.2) is 35.4 Å². The molecule has 3 aromatic rings. The number of benzene rings is 1. The zero-order valence-electron chi connectivity index (χ0n) is 13.8. The summed E-state index contributed by atoms with van der Waals surface area (Å²) in [5.41, 5.74) is 0.936. The fourth-order valence-electron chi connectivity index (χ4n) is 2.28. The molecule has 0 saturated heterocycles. The number of rotatable bonds is 7. The Kier molecular flexibility index (Phi) is 5.45. The molecule has 0 fully saturated rings. The van der Waals surface area contributed by atoms with Crippen molar-refractivity contribution in [2.75, 3.05) is 13.7 Å². The normalized spacial score (nSPS) is 10.8. The number of ether oxygens (including phenoxy) is 1. The van der Waals surface area contributed by atoms with Crippen LogP contribution in [-0.2, 0) is 27.3 Å². The maximum Gasteiger partial charge on any atom is 0.306 e. The van der Waals surface area contributed by atoms with Crippen molar-refractivity contribution in [1.29, 1.82) is 0 Å². The van der Waals surface area contributed by atoms with Gasteiger partial charge in [-0.25, -0.2) is 4.98 Å². The van der Waals surface area contributed by atoms with Crippen LogP contribution in [0.4, 0.5) is 0 Å². The van der Waals surface area contributed by atoms with Crippen molar-refractivity contribution in [3.8, 4) is 0 Å². The predicted molar refractivity (Wildman–Crippen MR) is 94.1 cm³/mol. The molecule has 130 valence electrons. The highest BCUT2D eigenvalue weighted by atomic mass is 32.1. The van der Waals surface area contributed by atoms with Crippen LogP contribution in [0.1, 0.15) is 17.2 Å². The van der Waals surface area contributed by atoms with Gasteiger partial charge in [-0.05, 0) is 24.3 Å². The summed E-state index contributed by atoms with van der Waals surface area (Å²) in [6, 6.07) is 11.4. The highest BCUT2D eigenvalue weighted by Gasteiger charge is 2.14. The molecular weight excluding hydrogens is 340 g/mol. The van der Waals surface area contributed by atoms with Gasteiger partial charge in [-0.3, -0.25) is 9.59 Å². The van der Waals surface area contributed by atoms with E-state index in [1.54, 1.807) is 36.8 Å². The van der Waals surface area contributed by atoms with Crippen molar-refractivity contribution in [1.82, 2.24) is 9.88 Å². The molecule has 2 aromatic heterocycles. The first-order chi connectivity index (χ1) is 12.1. The SMILES string of the molecule is CN(Cc1ccco1)C(=O)COC(=O)CCc1nc2ccccc2s1. The standard InChI is InChI=1S/C18H18N2O4S/c1-20(11-13-5-4-10-23-13)17(21)12-24-18(22)9-8-16-19-14-6-2-3-7-15(14)25-16/h2-7,10H,8-9,11-12H2,1H3. The van der Waals surface area contributed by atoms with E-state index < -0.39 is 5.97 Å². The zero-order valence-corrected chi connectivity index (χ0v) is 14.6. The van der Waals surface area contributed by atoms with Crippen LogP contribution in [0.25, 0.3) is 10.2 Å². The molecule has 6 nitrogen and oxygen atoms in total. The minimum atomic E-state index is -0.404. The van der Waals surface area contributed by atoms with Crippen LogP contribution in [0.5, 0.6) is 0 Å². The average Bonchev–Trinajstić information content (AvgIpc) is 3.26. The van der Waals surface area contributed by atoms with Gasteiger partial charge in [0.25, 0.3) is 5.91 Å². The Bertz CT molecular complexity index is 824. The van der Waals surface area contributed by atoms with Crippen LogP contribution in [0.15, 0.2) is 47.1 Å². The van der Waals surface area contributed by atoms with Gasteiger partial charge >= 0.3 is 5.97 Å². The second-order valence-electron chi connectivity index (χ2n) is 5.57. The van der Waals surface area contributed by atoms with E-state index in [4.69, 9.17) is 9.15 Å². The minimum Gasteiger partial charge on any atom is -0.467 e. The molecule has 3 rings (SSSR count). The third-order valence-corrected chi connectivity index (χ3v) is 4.73. The van der Waals surface area contributed by atoms with E-state index >= 15 is 0 Å². The molecule has 2 heterocycles. The number of hydrogen-bond donors (Lipinski definition) is 0. The first kappa shape index (κ1) is 17.2. The summed E-state index contributed by atoms with van der Waals surface area (Å²) in [4.78, 5) is 29.7. The fourth-order valence-corrected chi connectivity index (χ4v) is 3.25. The summed E-state index contributed by atoms with van der Waals surface area (Å²) in [7, 11) is 1.64. The number of carbonyl (C=O) groups excluding carboxylic acids is 2. The Morgan fingerprint density at radius 1 is 1.24 bits per heavy atom.